The van der Waals surface area contributed by atoms with Crippen LogP contribution in [-0.4, -0.2) is 15.6 Å². The number of imidazole rings is 1. The number of fused-ring (bicyclic) bond motifs is 1. The molecule has 3 nitrogen and oxygen atoms in total. The van der Waals surface area contributed by atoms with Crippen LogP contribution in [0.4, 0.5) is 0 Å². The third-order valence-electron chi connectivity index (χ3n) is 4.34. The smallest absolute Gasteiger partial charge is 0.110 e. The highest BCUT2D eigenvalue weighted by Crippen LogP contribution is 2.27. The highest BCUT2D eigenvalue weighted by Gasteiger charge is 2.21. The summed E-state index contributed by atoms with van der Waals surface area (Å²) in [5.41, 5.74) is 8.49. The second-order valence-electron chi connectivity index (χ2n) is 5.76. The zero-order valence-electron chi connectivity index (χ0n) is 11.7. The quantitative estimate of drug-likeness (QED) is 0.918. The summed E-state index contributed by atoms with van der Waals surface area (Å²) in [4.78, 5) is 4.82. The van der Waals surface area contributed by atoms with Gasteiger partial charge in [-0.05, 0) is 44.2 Å². The Bertz CT molecular complexity index is 558. The molecule has 0 bridgehead atoms. The lowest BCUT2D eigenvalue weighted by molar-refractivity contribution is 0.315. The number of nitrogens with two attached hydrogens (primary N) is 1. The van der Waals surface area contributed by atoms with Gasteiger partial charge in [0.2, 0.25) is 0 Å². The van der Waals surface area contributed by atoms with Crippen molar-refractivity contribution in [2.45, 2.75) is 51.6 Å². The fourth-order valence-corrected chi connectivity index (χ4v) is 3.41. The SMILES string of the molecule is CCn1c(CC2CCCC(N)C2)nc2ccccc21. The van der Waals surface area contributed by atoms with Crippen LogP contribution in [0.5, 0.6) is 0 Å². The van der Waals surface area contributed by atoms with Crippen molar-refractivity contribution in [2.75, 3.05) is 0 Å². The van der Waals surface area contributed by atoms with Gasteiger partial charge in [-0.1, -0.05) is 18.6 Å². The van der Waals surface area contributed by atoms with Gasteiger partial charge in [-0.15, -0.1) is 0 Å². The van der Waals surface area contributed by atoms with Crippen LogP contribution in [0, 0.1) is 5.92 Å². The fraction of sp³-hybridized carbons (Fsp3) is 0.562. The molecule has 0 saturated heterocycles. The minimum absolute atomic E-state index is 0.401. The molecule has 2 N–H and O–H groups in total. The summed E-state index contributed by atoms with van der Waals surface area (Å²) in [6.07, 6.45) is 6.02. The maximum Gasteiger partial charge on any atom is 0.110 e. The third kappa shape index (κ3) is 2.52. The summed E-state index contributed by atoms with van der Waals surface area (Å²) < 4.78 is 2.36. The monoisotopic (exact) mass is 257 g/mol. The fourth-order valence-electron chi connectivity index (χ4n) is 3.41. The van der Waals surface area contributed by atoms with E-state index >= 15 is 0 Å². The van der Waals surface area contributed by atoms with E-state index in [1.807, 2.05) is 0 Å². The van der Waals surface area contributed by atoms with E-state index in [-0.39, 0.29) is 0 Å². The van der Waals surface area contributed by atoms with E-state index in [9.17, 15) is 0 Å². The topological polar surface area (TPSA) is 43.8 Å². The Labute approximate surface area is 114 Å². The zero-order chi connectivity index (χ0) is 13.2. The average Bonchev–Trinajstić information content (AvgIpc) is 2.75. The Hall–Kier alpha value is -1.35. The first-order valence-corrected chi connectivity index (χ1v) is 7.47. The predicted molar refractivity (Wildman–Crippen MR) is 79.0 cm³/mol. The molecule has 2 unspecified atom stereocenters. The number of hydrogen-bond donors (Lipinski definition) is 1. The van der Waals surface area contributed by atoms with Gasteiger partial charge in [0.05, 0.1) is 11.0 Å². The van der Waals surface area contributed by atoms with E-state index in [4.69, 9.17) is 10.7 Å². The number of para-hydroxylation sites is 2. The minimum atomic E-state index is 0.401. The number of benzene rings is 1. The van der Waals surface area contributed by atoms with E-state index < -0.39 is 0 Å². The molecule has 1 aromatic heterocycles. The second kappa shape index (κ2) is 5.33. The second-order valence-corrected chi connectivity index (χ2v) is 5.76. The molecule has 1 fully saturated rings. The first kappa shape index (κ1) is 12.7. The number of rotatable bonds is 3. The molecule has 0 amide bonds. The highest BCUT2D eigenvalue weighted by molar-refractivity contribution is 5.75. The van der Waals surface area contributed by atoms with Crippen LogP contribution >= 0.6 is 0 Å². The van der Waals surface area contributed by atoms with Gasteiger partial charge in [0, 0.05) is 19.0 Å². The van der Waals surface area contributed by atoms with Crippen LogP contribution in [0.15, 0.2) is 24.3 Å². The molecule has 0 radical (unpaired) electrons. The number of hydrogen-bond acceptors (Lipinski definition) is 2. The third-order valence-corrected chi connectivity index (χ3v) is 4.34. The summed E-state index contributed by atoms with van der Waals surface area (Å²) >= 11 is 0. The van der Waals surface area contributed by atoms with Gasteiger partial charge in [-0.2, -0.15) is 0 Å². The molecule has 102 valence electrons. The van der Waals surface area contributed by atoms with E-state index in [1.165, 1.54) is 30.6 Å². The highest BCUT2D eigenvalue weighted by atomic mass is 15.1. The summed E-state index contributed by atoms with van der Waals surface area (Å²) in [6, 6.07) is 8.84. The number of aromatic nitrogens is 2. The molecule has 1 aliphatic carbocycles. The zero-order valence-corrected chi connectivity index (χ0v) is 11.7. The van der Waals surface area contributed by atoms with Gasteiger partial charge < -0.3 is 10.3 Å². The molecule has 0 aliphatic heterocycles. The summed E-state index contributed by atoms with van der Waals surface area (Å²) in [5.74, 6) is 1.95. The molecule has 2 aromatic rings. The lowest BCUT2D eigenvalue weighted by Gasteiger charge is -2.26. The lowest BCUT2D eigenvalue weighted by atomic mass is 9.84. The van der Waals surface area contributed by atoms with Crippen molar-refractivity contribution in [3.63, 3.8) is 0 Å². The standard InChI is InChI=1S/C16H23N3/c1-2-19-15-9-4-3-8-14(15)18-16(19)11-12-6-5-7-13(17)10-12/h3-4,8-9,12-13H,2,5-7,10-11,17H2,1H3. The van der Waals surface area contributed by atoms with Crippen LogP contribution in [0.1, 0.15) is 38.4 Å². The van der Waals surface area contributed by atoms with Crippen molar-refractivity contribution in [1.82, 2.24) is 9.55 Å². The minimum Gasteiger partial charge on any atom is -0.328 e. The lowest BCUT2D eigenvalue weighted by Crippen LogP contribution is -2.29. The van der Waals surface area contributed by atoms with Crippen LogP contribution < -0.4 is 5.73 Å². The molecule has 2 atom stereocenters. The molecule has 19 heavy (non-hydrogen) atoms. The van der Waals surface area contributed by atoms with Crippen LogP contribution in [0.3, 0.4) is 0 Å². The van der Waals surface area contributed by atoms with Crippen molar-refractivity contribution in [3.8, 4) is 0 Å². The van der Waals surface area contributed by atoms with E-state index in [0.29, 0.717) is 12.0 Å². The molecule has 1 aliphatic rings. The van der Waals surface area contributed by atoms with Gasteiger partial charge in [-0.3, -0.25) is 0 Å². The Morgan fingerprint density at radius 2 is 2.16 bits per heavy atom. The normalized spacial score (nSPS) is 23.9. The maximum atomic E-state index is 6.10. The Kier molecular flexibility index (Phi) is 3.56. The van der Waals surface area contributed by atoms with Gasteiger partial charge in [-0.25, -0.2) is 4.98 Å². The molecule has 1 saturated carbocycles. The first-order valence-electron chi connectivity index (χ1n) is 7.47. The summed E-state index contributed by atoms with van der Waals surface area (Å²) in [5, 5.41) is 0. The predicted octanol–water partition coefficient (Wildman–Crippen LogP) is 3.12. The molecule has 3 rings (SSSR count). The van der Waals surface area contributed by atoms with Crippen molar-refractivity contribution < 1.29 is 0 Å². The van der Waals surface area contributed by atoms with Crippen LogP contribution in [-0.2, 0) is 13.0 Å². The van der Waals surface area contributed by atoms with Gasteiger partial charge in [0.25, 0.3) is 0 Å². The largest absolute Gasteiger partial charge is 0.328 e. The van der Waals surface area contributed by atoms with Gasteiger partial charge >= 0.3 is 0 Å². The molecule has 1 heterocycles. The van der Waals surface area contributed by atoms with Gasteiger partial charge in [0.15, 0.2) is 0 Å². The molecule has 3 heteroatoms. The first-order chi connectivity index (χ1) is 9.28. The average molecular weight is 257 g/mol. The Balaban J connectivity index is 1.87. The molecular weight excluding hydrogens is 234 g/mol. The van der Waals surface area contributed by atoms with Crippen molar-refractivity contribution in [1.29, 1.82) is 0 Å². The number of nitrogens with zero attached hydrogens (tertiary/aromatic N) is 2. The Morgan fingerprint density at radius 1 is 1.32 bits per heavy atom. The van der Waals surface area contributed by atoms with Crippen molar-refractivity contribution in [2.24, 2.45) is 11.7 Å². The number of aryl methyl sites for hydroxylation is 1. The molecule has 1 aromatic carbocycles. The van der Waals surface area contributed by atoms with Crippen LogP contribution in [0.2, 0.25) is 0 Å². The summed E-state index contributed by atoms with van der Waals surface area (Å²) in [7, 11) is 0. The van der Waals surface area contributed by atoms with Crippen molar-refractivity contribution >= 4 is 11.0 Å². The van der Waals surface area contributed by atoms with Crippen molar-refractivity contribution in [3.05, 3.63) is 30.1 Å². The Morgan fingerprint density at radius 3 is 2.95 bits per heavy atom. The maximum absolute atomic E-state index is 6.10. The molecular formula is C16H23N3. The van der Waals surface area contributed by atoms with E-state index in [2.05, 4.69) is 35.8 Å². The molecule has 0 spiro atoms. The van der Waals surface area contributed by atoms with Gasteiger partial charge in [0.1, 0.15) is 5.82 Å². The summed E-state index contributed by atoms with van der Waals surface area (Å²) in [6.45, 7) is 3.19. The van der Waals surface area contributed by atoms with Crippen LogP contribution in [0.25, 0.3) is 11.0 Å². The van der Waals surface area contributed by atoms with E-state index in [0.717, 1.165) is 24.9 Å². The van der Waals surface area contributed by atoms with E-state index in [1.54, 1.807) is 0 Å².